The molecule has 1 aromatic heterocycles. The van der Waals surface area contributed by atoms with Crippen LogP contribution >= 0.6 is 11.6 Å². The van der Waals surface area contributed by atoms with Crippen molar-refractivity contribution in [2.75, 3.05) is 0 Å². The number of primary amides is 1. The summed E-state index contributed by atoms with van der Waals surface area (Å²) in [4.78, 5) is 12.0. The number of hydrogen-bond donors (Lipinski definition) is 1. The number of nitrogens with zero attached hydrogens (tertiary/aromatic N) is 1. The number of aromatic nitrogens is 1. The van der Waals surface area contributed by atoms with Crippen LogP contribution in [-0.2, 0) is 6.54 Å². The molecule has 0 aliphatic carbocycles. The van der Waals surface area contributed by atoms with Crippen molar-refractivity contribution >= 4 is 39.3 Å². The van der Waals surface area contributed by atoms with E-state index >= 15 is 0 Å². The minimum atomic E-state index is -0.505. The van der Waals surface area contributed by atoms with Crippen molar-refractivity contribution in [1.82, 2.24) is 4.57 Å². The predicted octanol–water partition coefficient (Wildman–Crippen LogP) is 5.66. The SMILES string of the molecule is CC(C)c1c[c]c2c3c(C(N)=O)cccc3n(Cc3c(F)cccc3Cl)c2c1. The molecule has 0 spiro atoms. The van der Waals surface area contributed by atoms with Crippen molar-refractivity contribution in [3.05, 3.63) is 82.1 Å². The molecular formula is C23H19ClFN2O. The third-order valence-corrected chi connectivity index (χ3v) is 5.48. The van der Waals surface area contributed by atoms with Gasteiger partial charge in [-0.2, -0.15) is 0 Å². The minimum absolute atomic E-state index is 0.239. The van der Waals surface area contributed by atoms with Crippen LogP contribution in [0, 0.1) is 11.9 Å². The maximum absolute atomic E-state index is 14.5. The third-order valence-electron chi connectivity index (χ3n) is 5.13. The van der Waals surface area contributed by atoms with Crippen LogP contribution in [0.2, 0.25) is 5.02 Å². The zero-order valence-corrected chi connectivity index (χ0v) is 16.3. The van der Waals surface area contributed by atoms with E-state index in [-0.39, 0.29) is 12.4 Å². The molecule has 28 heavy (non-hydrogen) atoms. The second-order valence-electron chi connectivity index (χ2n) is 7.20. The first-order chi connectivity index (χ1) is 13.4. The van der Waals surface area contributed by atoms with Crippen LogP contribution in [0.5, 0.6) is 0 Å². The lowest BCUT2D eigenvalue weighted by Crippen LogP contribution is -2.11. The van der Waals surface area contributed by atoms with Crippen molar-refractivity contribution in [1.29, 1.82) is 0 Å². The molecule has 0 bridgehead atoms. The smallest absolute Gasteiger partial charge is 0.249 e. The fraction of sp³-hybridized carbons (Fsp3) is 0.174. The molecule has 4 aromatic rings. The number of carbonyl (C=O) groups is 1. The average Bonchev–Trinajstić information content (AvgIpc) is 2.97. The van der Waals surface area contributed by atoms with Crippen LogP contribution in [0.25, 0.3) is 21.8 Å². The van der Waals surface area contributed by atoms with E-state index in [2.05, 4.69) is 26.0 Å². The van der Waals surface area contributed by atoms with Gasteiger partial charge in [0.25, 0.3) is 0 Å². The Morgan fingerprint density at radius 3 is 2.64 bits per heavy atom. The monoisotopic (exact) mass is 393 g/mol. The number of rotatable bonds is 4. The van der Waals surface area contributed by atoms with Gasteiger partial charge in [-0.05, 0) is 47.9 Å². The van der Waals surface area contributed by atoms with Gasteiger partial charge in [-0.15, -0.1) is 0 Å². The molecule has 0 aliphatic heterocycles. The van der Waals surface area contributed by atoms with Gasteiger partial charge in [-0.3, -0.25) is 4.79 Å². The van der Waals surface area contributed by atoms with Gasteiger partial charge in [0.15, 0.2) is 0 Å². The summed E-state index contributed by atoms with van der Waals surface area (Å²) in [7, 11) is 0. The fourth-order valence-corrected chi connectivity index (χ4v) is 3.85. The number of hydrogen-bond acceptors (Lipinski definition) is 1. The van der Waals surface area contributed by atoms with Gasteiger partial charge in [-0.1, -0.05) is 43.6 Å². The van der Waals surface area contributed by atoms with E-state index < -0.39 is 5.91 Å². The molecule has 1 radical (unpaired) electrons. The van der Waals surface area contributed by atoms with Crippen molar-refractivity contribution in [3.8, 4) is 0 Å². The molecule has 141 valence electrons. The van der Waals surface area contributed by atoms with Gasteiger partial charge in [0.1, 0.15) is 5.82 Å². The Kier molecular flexibility index (Phi) is 4.60. The quantitative estimate of drug-likeness (QED) is 0.478. The molecule has 5 heteroatoms. The van der Waals surface area contributed by atoms with Crippen molar-refractivity contribution < 1.29 is 9.18 Å². The second kappa shape index (κ2) is 6.95. The number of amides is 1. The highest BCUT2D eigenvalue weighted by molar-refractivity contribution is 6.31. The largest absolute Gasteiger partial charge is 0.366 e. The average molecular weight is 394 g/mol. The topological polar surface area (TPSA) is 48.0 Å². The maximum atomic E-state index is 14.5. The first-order valence-electron chi connectivity index (χ1n) is 9.07. The van der Waals surface area contributed by atoms with E-state index in [0.717, 1.165) is 27.4 Å². The van der Waals surface area contributed by atoms with Crippen LogP contribution < -0.4 is 5.73 Å². The van der Waals surface area contributed by atoms with Crippen LogP contribution in [0.15, 0.2) is 48.5 Å². The van der Waals surface area contributed by atoms with Crippen molar-refractivity contribution in [2.24, 2.45) is 5.73 Å². The number of fused-ring (bicyclic) bond motifs is 3. The highest BCUT2D eigenvalue weighted by Gasteiger charge is 2.19. The molecule has 1 heterocycles. The second-order valence-corrected chi connectivity index (χ2v) is 7.61. The molecule has 0 saturated carbocycles. The molecule has 2 N–H and O–H groups in total. The fourth-order valence-electron chi connectivity index (χ4n) is 3.62. The Balaban J connectivity index is 2.08. The van der Waals surface area contributed by atoms with E-state index in [1.165, 1.54) is 6.07 Å². The minimum Gasteiger partial charge on any atom is -0.366 e. The molecule has 0 fully saturated rings. The lowest BCUT2D eigenvalue weighted by atomic mass is 10.00. The standard InChI is InChI=1S/C23H19ClFN2O/c1-13(2)14-9-10-15-21(11-14)27(12-17-18(24)6-4-7-19(17)25)20-8-3-5-16(22(15)20)23(26)28/h3-9,11,13H,12H2,1-2H3,(H2,26,28). The Bertz CT molecular complexity index is 1210. The van der Waals surface area contributed by atoms with Crippen LogP contribution in [-0.4, -0.2) is 10.5 Å². The first kappa shape index (κ1) is 18.5. The number of benzene rings is 3. The van der Waals surface area contributed by atoms with Crippen molar-refractivity contribution in [2.45, 2.75) is 26.3 Å². The Hall–Kier alpha value is -2.85. The molecule has 3 aromatic carbocycles. The van der Waals surface area contributed by atoms with Gasteiger partial charge in [0.2, 0.25) is 5.91 Å². The Morgan fingerprint density at radius 1 is 1.21 bits per heavy atom. The normalized spacial score (nSPS) is 11.6. The maximum Gasteiger partial charge on any atom is 0.249 e. The lowest BCUT2D eigenvalue weighted by Gasteiger charge is -2.12. The summed E-state index contributed by atoms with van der Waals surface area (Å²) in [5.74, 6) is -0.563. The first-order valence-corrected chi connectivity index (χ1v) is 9.45. The van der Waals surface area contributed by atoms with Crippen LogP contribution in [0.3, 0.4) is 0 Å². The molecule has 0 unspecified atom stereocenters. The van der Waals surface area contributed by atoms with E-state index in [9.17, 15) is 9.18 Å². The summed E-state index contributed by atoms with van der Waals surface area (Å²) in [6.45, 7) is 4.44. The van der Waals surface area contributed by atoms with Gasteiger partial charge >= 0.3 is 0 Å². The van der Waals surface area contributed by atoms with Gasteiger partial charge < -0.3 is 10.3 Å². The summed E-state index contributed by atoms with van der Waals surface area (Å²) in [5, 5.41) is 1.89. The zero-order chi connectivity index (χ0) is 20.0. The van der Waals surface area contributed by atoms with E-state index in [0.29, 0.717) is 22.1 Å². The zero-order valence-electron chi connectivity index (χ0n) is 15.6. The third kappa shape index (κ3) is 2.94. The van der Waals surface area contributed by atoms with Gasteiger partial charge in [0, 0.05) is 26.9 Å². The van der Waals surface area contributed by atoms with Crippen LogP contribution in [0.1, 0.15) is 41.3 Å². The Labute approximate surface area is 167 Å². The van der Waals surface area contributed by atoms with Crippen molar-refractivity contribution in [3.63, 3.8) is 0 Å². The molecule has 4 rings (SSSR count). The number of halogens is 2. The van der Waals surface area contributed by atoms with Crippen LogP contribution in [0.4, 0.5) is 4.39 Å². The van der Waals surface area contributed by atoms with E-state index in [1.807, 2.05) is 16.7 Å². The number of carbonyl (C=O) groups excluding carboxylic acids is 1. The lowest BCUT2D eigenvalue weighted by molar-refractivity contribution is 0.100. The highest BCUT2D eigenvalue weighted by Crippen LogP contribution is 2.34. The summed E-state index contributed by atoms with van der Waals surface area (Å²) in [6, 6.07) is 17.4. The predicted molar refractivity (Wildman–Crippen MR) is 111 cm³/mol. The summed E-state index contributed by atoms with van der Waals surface area (Å²) < 4.78 is 16.5. The molecule has 0 saturated heterocycles. The van der Waals surface area contributed by atoms with Gasteiger partial charge in [-0.25, -0.2) is 4.39 Å². The molecule has 1 amide bonds. The van der Waals surface area contributed by atoms with Gasteiger partial charge in [0.05, 0.1) is 17.6 Å². The van der Waals surface area contributed by atoms with E-state index in [4.69, 9.17) is 17.3 Å². The highest BCUT2D eigenvalue weighted by atomic mass is 35.5. The summed E-state index contributed by atoms with van der Waals surface area (Å²) >= 11 is 6.28. The summed E-state index contributed by atoms with van der Waals surface area (Å²) in [5.41, 5.74) is 9.22. The molecular weight excluding hydrogens is 375 g/mol. The van der Waals surface area contributed by atoms with E-state index in [1.54, 1.807) is 24.3 Å². The molecule has 3 nitrogen and oxygen atoms in total. The Morgan fingerprint density at radius 2 is 1.96 bits per heavy atom. The summed E-state index contributed by atoms with van der Waals surface area (Å²) in [6.07, 6.45) is 0. The number of nitrogens with two attached hydrogens (primary N) is 1. The molecule has 0 atom stereocenters. The molecule has 0 aliphatic rings.